The van der Waals surface area contributed by atoms with E-state index in [1.807, 2.05) is 46.9 Å². The van der Waals surface area contributed by atoms with Crippen LogP contribution in [0, 0.1) is 13.8 Å². The molecule has 0 bridgehead atoms. The van der Waals surface area contributed by atoms with Crippen LogP contribution in [0.15, 0.2) is 9.80 Å². The summed E-state index contributed by atoms with van der Waals surface area (Å²) in [6.45, 7) is 12.9. The van der Waals surface area contributed by atoms with Crippen LogP contribution >= 0.6 is 11.3 Å². The number of alkyl carbamates (subject to hydrolysis) is 1. The summed E-state index contributed by atoms with van der Waals surface area (Å²) < 4.78 is 10.9. The summed E-state index contributed by atoms with van der Waals surface area (Å²) in [5.74, 6) is 1.27. The van der Waals surface area contributed by atoms with Gasteiger partial charge in [0, 0.05) is 12.3 Å². The van der Waals surface area contributed by atoms with Crippen molar-refractivity contribution >= 4 is 17.4 Å². The Labute approximate surface area is 140 Å². The van der Waals surface area contributed by atoms with E-state index in [1.165, 1.54) is 11.3 Å². The van der Waals surface area contributed by atoms with Crippen molar-refractivity contribution < 1.29 is 13.9 Å². The van der Waals surface area contributed by atoms with E-state index >= 15 is 0 Å². The van der Waals surface area contributed by atoms with Crippen LogP contribution < -0.4 is 5.32 Å². The summed E-state index contributed by atoms with van der Waals surface area (Å²) in [4.78, 5) is 20.8. The lowest BCUT2D eigenvalue weighted by atomic mass is 10.1. The maximum atomic E-state index is 12.0. The number of amides is 1. The molecule has 0 aliphatic carbocycles. The maximum absolute atomic E-state index is 12.0. The van der Waals surface area contributed by atoms with Gasteiger partial charge < -0.3 is 14.5 Å². The first-order chi connectivity index (χ1) is 10.5. The predicted octanol–water partition coefficient (Wildman–Crippen LogP) is 4.17. The number of nitrogens with zero attached hydrogens (tertiary/aromatic N) is 2. The first kappa shape index (κ1) is 17.5. The summed E-state index contributed by atoms with van der Waals surface area (Å²) in [6, 6.07) is 0. The summed E-state index contributed by atoms with van der Waals surface area (Å²) in [5, 5.41) is 5.53. The van der Waals surface area contributed by atoms with Gasteiger partial charge in [0.2, 0.25) is 0 Å². The SMILES string of the molecule is Cc1nc(C)c(-c2csc(C(C)(C)NC(=O)OC(C)(C)C)n2)o1. The summed E-state index contributed by atoms with van der Waals surface area (Å²) in [5.41, 5.74) is 0.344. The molecule has 0 aromatic carbocycles. The molecule has 0 radical (unpaired) electrons. The average Bonchev–Trinajstić information content (AvgIpc) is 2.92. The Morgan fingerprint density at radius 3 is 2.39 bits per heavy atom. The van der Waals surface area contributed by atoms with Crippen molar-refractivity contribution in [2.75, 3.05) is 0 Å². The average molecular weight is 337 g/mol. The van der Waals surface area contributed by atoms with E-state index in [1.54, 1.807) is 6.92 Å². The molecule has 0 atom stereocenters. The molecule has 0 aliphatic rings. The Balaban J connectivity index is 2.18. The molecule has 1 amide bonds. The summed E-state index contributed by atoms with van der Waals surface area (Å²) in [7, 11) is 0. The van der Waals surface area contributed by atoms with Crippen molar-refractivity contribution in [2.45, 2.75) is 59.6 Å². The lowest BCUT2D eigenvalue weighted by Gasteiger charge is -2.27. The van der Waals surface area contributed by atoms with Crippen molar-refractivity contribution in [3.05, 3.63) is 22.0 Å². The molecule has 0 saturated carbocycles. The van der Waals surface area contributed by atoms with Crippen LogP contribution in [0.25, 0.3) is 11.5 Å². The number of carbonyl (C=O) groups is 1. The minimum absolute atomic E-state index is 0.467. The number of aryl methyl sites for hydroxylation is 2. The van der Waals surface area contributed by atoms with E-state index < -0.39 is 17.2 Å². The van der Waals surface area contributed by atoms with E-state index in [0.717, 1.165) is 16.4 Å². The van der Waals surface area contributed by atoms with E-state index in [2.05, 4.69) is 15.3 Å². The molecule has 0 aliphatic heterocycles. The molecule has 126 valence electrons. The molecular formula is C16H23N3O3S. The maximum Gasteiger partial charge on any atom is 0.408 e. The fourth-order valence-electron chi connectivity index (χ4n) is 2.05. The van der Waals surface area contributed by atoms with Crippen LogP contribution in [0.1, 0.15) is 51.2 Å². The molecule has 7 heteroatoms. The highest BCUT2D eigenvalue weighted by atomic mass is 32.1. The number of carbonyl (C=O) groups excluding carboxylic acids is 1. The lowest BCUT2D eigenvalue weighted by Crippen LogP contribution is -2.43. The van der Waals surface area contributed by atoms with Crippen molar-refractivity contribution in [3.8, 4) is 11.5 Å². The van der Waals surface area contributed by atoms with Crippen molar-refractivity contribution in [1.82, 2.24) is 15.3 Å². The highest BCUT2D eigenvalue weighted by molar-refractivity contribution is 7.10. The minimum atomic E-state index is -0.645. The molecule has 0 unspecified atom stereocenters. The Morgan fingerprint density at radius 1 is 1.22 bits per heavy atom. The molecule has 2 rings (SSSR count). The molecule has 0 saturated heterocycles. The molecule has 2 aromatic rings. The van der Waals surface area contributed by atoms with Crippen molar-refractivity contribution in [3.63, 3.8) is 0 Å². The third-order valence-corrected chi connectivity index (χ3v) is 4.15. The number of hydrogen-bond acceptors (Lipinski definition) is 6. The molecule has 1 N–H and O–H groups in total. The Morgan fingerprint density at radius 2 is 1.87 bits per heavy atom. The fraction of sp³-hybridized carbons (Fsp3) is 0.562. The zero-order chi connectivity index (χ0) is 17.4. The largest absolute Gasteiger partial charge is 0.444 e. The second kappa shape index (κ2) is 5.96. The van der Waals surface area contributed by atoms with Gasteiger partial charge in [-0.2, -0.15) is 0 Å². The van der Waals surface area contributed by atoms with Crippen molar-refractivity contribution in [1.29, 1.82) is 0 Å². The third kappa shape index (κ3) is 4.31. The second-order valence-corrected chi connectivity index (χ2v) is 7.80. The minimum Gasteiger partial charge on any atom is -0.444 e. The van der Waals surface area contributed by atoms with Crippen LogP contribution in [0.2, 0.25) is 0 Å². The first-order valence-corrected chi connectivity index (χ1v) is 8.27. The van der Waals surface area contributed by atoms with Crippen LogP contribution in [0.3, 0.4) is 0 Å². The molecule has 2 aromatic heterocycles. The van der Waals surface area contributed by atoms with Gasteiger partial charge >= 0.3 is 6.09 Å². The smallest absolute Gasteiger partial charge is 0.408 e. The zero-order valence-electron chi connectivity index (χ0n) is 14.6. The van der Waals surface area contributed by atoms with E-state index in [-0.39, 0.29) is 0 Å². The highest BCUT2D eigenvalue weighted by Gasteiger charge is 2.29. The number of rotatable bonds is 3. The topological polar surface area (TPSA) is 77.2 Å². The number of aromatic nitrogens is 2. The lowest BCUT2D eigenvalue weighted by molar-refractivity contribution is 0.0470. The monoisotopic (exact) mass is 337 g/mol. The van der Waals surface area contributed by atoms with Crippen LogP contribution in [0.5, 0.6) is 0 Å². The van der Waals surface area contributed by atoms with Gasteiger partial charge in [-0.3, -0.25) is 0 Å². The second-order valence-electron chi connectivity index (χ2n) is 6.94. The molecular weight excluding hydrogens is 314 g/mol. The van der Waals surface area contributed by atoms with Gasteiger partial charge in [0.25, 0.3) is 0 Å². The molecule has 2 heterocycles. The van der Waals surface area contributed by atoms with Gasteiger partial charge in [-0.05, 0) is 41.5 Å². The first-order valence-electron chi connectivity index (χ1n) is 7.39. The van der Waals surface area contributed by atoms with Crippen molar-refractivity contribution in [2.24, 2.45) is 0 Å². The van der Waals surface area contributed by atoms with Gasteiger partial charge in [0.05, 0.1) is 11.2 Å². The molecule has 23 heavy (non-hydrogen) atoms. The van der Waals surface area contributed by atoms with Gasteiger partial charge in [0.15, 0.2) is 11.7 Å². The van der Waals surface area contributed by atoms with Gasteiger partial charge in [-0.25, -0.2) is 14.8 Å². The standard InChI is InChI=1S/C16H23N3O3S/c1-9-12(21-10(2)17-9)11-8-23-13(18-11)16(6,7)19-14(20)22-15(3,4)5/h8H,1-7H3,(H,19,20). The Bertz CT molecular complexity index is 710. The van der Waals surface area contributed by atoms with Gasteiger partial charge in [-0.15, -0.1) is 11.3 Å². The number of thiazole rings is 1. The Hall–Kier alpha value is -1.89. The summed E-state index contributed by atoms with van der Waals surface area (Å²) >= 11 is 1.46. The normalized spacial score (nSPS) is 12.3. The van der Waals surface area contributed by atoms with Crippen LogP contribution in [-0.2, 0) is 10.3 Å². The number of hydrogen-bond donors (Lipinski definition) is 1. The van der Waals surface area contributed by atoms with Gasteiger partial charge in [0.1, 0.15) is 16.3 Å². The fourth-order valence-corrected chi connectivity index (χ4v) is 2.93. The van der Waals surface area contributed by atoms with Crippen LogP contribution in [0.4, 0.5) is 4.79 Å². The van der Waals surface area contributed by atoms with E-state index in [0.29, 0.717) is 11.7 Å². The predicted molar refractivity (Wildman–Crippen MR) is 89.5 cm³/mol. The van der Waals surface area contributed by atoms with Crippen LogP contribution in [-0.4, -0.2) is 21.7 Å². The van der Waals surface area contributed by atoms with E-state index in [4.69, 9.17) is 9.15 Å². The zero-order valence-corrected chi connectivity index (χ0v) is 15.4. The quantitative estimate of drug-likeness (QED) is 0.909. The molecule has 0 fully saturated rings. The molecule has 6 nitrogen and oxygen atoms in total. The number of oxazole rings is 1. The Kier molecular flexibility index (Phi) is 4.52. The molecule has 0 spiro atoms. The third-order valence-electron chi connectivity index (χ3n) is 2.99. The number of ether oxygens (including phenoxy) is 1. The number of nitrogens with one attached hydrogen (secondary N) is 1. The van der Waals surface area contributed by atoms with E-state index in [9.17, 15) is 4.79 Å². The van der Waals surface area contributed by atoms with Gasteiger partial charge in [-0.1, -0.05) is 0 Å². The summed E-state index contributed by atoms with van der Waals surface area (Å²) in [6.07, 6.45) is -0.467. The highest BCUT2D eigenvalue weighted by Crippen LogP contribution is 2.31.